The molecular formula is C32H43NO3. The Kier molecular flexibility index (Phi) is 11.8. The largest absolute Gasteiger partial charge is 0.494 e. The van der Waals surface area contributed by atoms with Gasteiger partial charge in [-0.3, -0.25) is 9.78 Å². The molecule has 2 aromatic rings. The van der Waals surface area contributed by atoms with Gasteiger partial charge in [0, 0.05) is 5.56 Å². The minimum absolute atomic E-state index is 0.0687. The first-order valence-electron chi connectivity index (χ1n) is 13.8. The van der Waals surface area contributed by atoms with Gasteiger partial charge in [0.1, 0.15) is 11.5 Å². The molecule has 1 aromatic heterocycles. The zero-order valence-corrected chi connectivity index (χ0v) is 22.4. The van der Waals surface area contributed by atoms with E-state index in [1.54, 1.807) is 6.20 Å². The van der Waals surface area contributed by atoms with Gasteiger partial charge < -0.3 is 9.47 Å². The zero-order chi connectivity index (χ0) is 25.6. The van der Waals surface area contributed by atoms with Gasteiger partial charge in [0.15, 0.2) is 0 Å². The number of carbonyl (C=O) groups is 1. The molecule has 0 amide bonds. The quantitative estimate of drug-likeness (QED) is 0.151. The summed E-state index contributed by atoms with van der Waals surface area (Å²) in [7, 11) is 0. The molecule has 0 N–H and O–H groups in total. The van der Waals surface area contributed by atoms with Crippen molar-refractivity contribution < 1.29 is 14.3 Å². The summed E-state index contributed by atoms with van der Waals surface area (Å²) < 4.78 is 11.5. The maximum atomic E-state index is 12.6. The predicted octanol–water partition coefficient (Wildman–Crippen LogP) is 8.87. The molecule has 1 aromatic carbocycles. The van der Waals surface area contributed by atoms with Crippen LogP contribution in [0.2, 0.25) is 0 Å². The Morgan fingerprint density at radius 1 is 1.00 bits per heavy atom. The summed E-state index contributed by atoms with van der Waals surface area (Å²) >= 11 is 0. The van der Waals surface area contributed by atoms with Crippen LogP contribution in [-0.2, 0) is 4.79 Å². The van der Waals surface area contributed by atoms with Crippen molar-refractivity contribution >= 4 is 5.97 Å². The molecule has 0 fully saturated rings. The highest BCUT2D eigenvalue weighted by Gasteiger charge is 2.23. The lowest BCUT2D eigenvalue weighted by atomic mass is 9.88. The Bertz CT molecular complexity index is 985. The average Bonchev–Trinajstić information content (AvgIpc) is 2.89. The molecule has 0 saturated heterocycles. The van der Waals surface area contributed by atoms with E-state index in [1.165, 1.54) is 43.3 Å². The van der Waals surface area contributed by atoms with E-state index in [2.05, 4.69) is 37.9 Å². The van der Waals surface area contributed by atoms with Crippen molar-refractivity contribution in [3.05, 3.63) is 65.9 Å². The number of hydrogen-bond acceptors (Lipinski definition) is 4. The number of hydrogen-bond donors (Lipinski definition) is 0. The minimum Gasteiger partial charge on any atom is -0.494 e. The van der Waals surface area contributed by atoms with Crippen molar-refractivity contribution in [3.8, 4) is 22.8 Å². The summed E-state index contributed by atoms with van der Waals surface area (Å²) in [6.45, 7) is 7.26. The maximum absolute atomic E-state index is 12.6. The van der Waals surface area contributed by atoms with Crippen LogP contribution in [0.15, 0.2) is 65.9 Å². The van der Waals surface area contributed by atoms with Crippen LogP contribution in [0.4, 0.5) is 0 Å². The van der Waals surface area contributed by atoms with E-state index in [4.69, 9.17) is 9.47 Å². The molecule has 0 saturated carbocycles. The molecule has 3 rings (SSSR count). The number of benzene rings is 1. The molecule has 194 valence electrons. The number of rotatable bonds is 14. The van der Waals surface area contributed by atoms with Crippen LogP contribution in [0, 0.1) is 5.92 Å². The fraction of sp³-hybridized carbons (Fsp3) is 0.500. The molecule has 36 heavy (non-hydrogen) atoms. The third kappa shape index (κ3) is 9.64. The molecule has 1 heterocycles. The Balaban J connectivity index is 1.41. The summed E-state index contributed by atoms with van der Waals surface area (Å²) in [5, 5.41) is 0. The standard InChI is InChI=1S/C32H43NO3/c1-4-5-6-7-8-9-23-35-29-19-17-27(18-20-29)31-22-21-30(24-33-31)36-32(34)28-15-13-26(14-16-28)12-10-11-25(2)3/h11,13,17-22,24,28H,4-10,12,14-16,23H2,1-3H3. The van der Waals surface area contributed by atoms with Crippen molar-refractivity contribution in [1.29, 1.82) is 0 Å². The molecule has 0 aliphatic heterocycles. The fourth-order valence-electron chi connectivity index (χ4n) is 4.48. The van der Waals surface area contributed by atoms with E-state index in [1.807, 2.05) is 36.4 Å². The molecule has 1 aliphatic rings. The molecule has 0 spiro atoms. The lowest BCUT2D eigenvalue weighted by Gasteiger charge is -2.20. The Morgan fingerprint density at radius 3 is 2.42 bits per heavy atom. The van der Waals surface area contributed by atoms with E-state index in [-0.39, 0.29) is 11.9 Å². The van der Waals surface area contributed by atoms with Crippen LogP contribution in [-0.4, -0.2) is 17.6 Å². The van der Waals surface area contributed by atoms with Crippen LogP contribution >= 0.6 is 0 Å². The smallest absolute Gasteiger partial charge is 0.314 e. The number of pyridine rings is 1. The molecule has 4 heteroatoms. The summed E-state index contributed by atoms with van der Waals surface area (Å²) in [6.07, 6.45) is 18.5. The lowest BCUT2D eigenvalue weighted by molar-refractivity contribution is -0.139. The zero-order valence-electron chi connectivity index (χ0n) is 22.4. The van der Waals surface area contributed by atoms with Crippen molar-refractivity contribution in [3.63, 3.8) is 0 Å². The third-order valence-electron chi connectivity index (χ3n) is 6.73. The number of unbranched alkanes of at least 4 members (excludes halogenated alkanes) is 5. The fourth-order valence-corrected chi connectivity index (χ4v) is 4.48. The average molecular weight is 490 g/mol. The predicted molar refractivity (Wildman–Crippen MR) is 148 cm³/mol. The van der Waals surface area contributed by atoms with E-state index >= 15 is 0 Å². The molecule has 0 radical (unpaired) electrons. The van der Waals surface area contributed by atoms with E-state index in [9.17, 15) is 4.79 Å². The summed E-state index contributed by atoms with van der Waals surface area (Å²) in [5.74, 6) is 1.16. The van der Waals surface area contributed by atoms with Crippen LogP contribution in [0.3, 0.4) is 0 Å². The highest BCUT2D eigenvalue weighted by Crippen LogP contribution is 2.28. The number of carbonyl (C=O) groups excluding carboxylic acids is 1. The highest BCUT2D eigenvalue weighted by molar-refractivity contribution is 5.75. The van der Waals surface area contributed by atoms with Crippen LogP contribution < -0.4 is 9.47 Å². The van der Waals surface area contributed by atoms with E-state index < -0.39 is 0 Å². The Labute approximate surface area is 217 Å². The summed E-state index contributed by atoms with van der Waals surface area (Å²) in [5.41, 5.74) is 4.68. The first-order chi connectivity index (χ1) is 17.5. The molecule has 1 aliphatic carbocycles. The molecular weight excluding hydrogens is 446 g/mol. The van der Waals surface area contributed by atoms with Gasteiger partial charge in [0.2, 0.25) is 0 Å². The van der Waals surface area contributed by atoms with Gasteiger partial charge in [-0.2, -0.15) is 0 Å². The molecule has 1 atom stereocenters. The van der Waals surface area contributed by atoms with Gasteiger partial charge in [-0.25, -0.2) is 0 Å². The SMILES string of the molecule is CCCCCCCCOc1ccc(-c2ccc(OC(=O)C3CC=C(CCC=C(C)C)CC3)cn2)cc1. The number of esters is 1. The van der Waals surface area contributed by atoms with Crippen molar-refractivity contribution in [2.75, 3.05) is 6.61 Å². The van der Waals surface area contributed by atoms with Gasteiger partial charge >= 0.3 is 5.97 Å². The maximum Gasteiger partial charge on any atom is 0.314 e. The van der Waals surface area contributed by atoms with Crippen molar-refractivity contribution in [2.24, 2.45) is 5.92 Å². The topological polar surface area (TPSA) is 48.4 Å². The van der Waals surface area contributed by atoms with E-state index in [0.717, 1.165) is 62.1 Å². The number of aromatic nitrogens is 1. The van der Waals surface area contributed by atoms with Crippen LogP contribution in [0.5, 0.6) is 11.5 Å². The van der Waals surface area contributed by atoms with Gasteiger partial charge in [0.05, 0.1) is 24.4 Å². The first kappa shape index (κ1) is 27.7. The van der Waals surface area contributed by atoms with Gasteiger partial charge in [0.25, 0.3) is 0 Å². The van der Waals surface area contributed by atoms with E-state index in [0.29, 0.717) is 5.75 Å². The van der Waals surface area contributed by atoms with Gasteiger partial charge in [-0.15, -0.1) is 0 Å². The second kappa shape index (κ2) is 15.3. The first-order valence-corrected chi connectivity index (χ1v) is 13.8. The van der Waals surface area contributed by atoms with Gasteiger partial charge in [-0.05, 0) is 88.8 Å². The van der Waals surface area contributed by atoms with Gasteiger partial charge in [-0.1, -0.05) is 62.3 Å². The Hall–Kier alpha value is -2.88. The number of nitrogens with zero attached hydrogens (tertiary/aromatic N) is 1. The van der Waals surface area contributed by atoms with Crippen molar-refractivity contribution in [2.45, 2.75) is 91.4 Å². The summed E-state index contributed by atoms with van der Waals surface area (Å²) in [6, 6.07) is 11.8. The summed E-state index contributed by atoms with van der Waals surface area (Å²) in [4.78, 5) is 17.2. The Morgan fingerprint density at radius 2 is 1.75 bits per heavy atom. The van der Waals surface area contributed by atoms with Crippen LogP contribution in [0.25, 0.3) is 11.3 Å². The second-order valence-electron chi connectivity index (χ2n) is 10.1. The normalized spacial score (nSPS) is 15.2. The minimum atomic E-state index is -0.156. The molecule has 1 unspecified atom stereocenters. The number of allylic oxidation sites excluding steroid dienone is 4. The molecule has 4 nitrogen and oxygen atoms in total. The van der Waals surface area contributed by atoms with Crippen LogP contribution in [0.1, 0.15) is 91.4 Å². The second-order valence-corrected chi connectivity index (χ2v) is 10.1. The lowest BCUT2D eigenvalue weighted by Crippen LogP contribution is -2.22. The molecule has 0 bridgehead atoms. The monoisotopic (exact) mass is 489 g/mol. The van der Waals surface area contributed by atoms with Crippen molar-refractivity contribution in [1.82, 2.24) is 4.98 Å². The third-order valence-corrected chi connectivity index (χ3v) is 6.73. The highest BCUT2D eigenvalue weighted by atomic mass is 16.5. The number of ether oxygens (including phenoxy) is 2.